The van der Waals surface area contributed by atoms with Crippen molar-refractivity contribution in [3.8, 4) is 0 Å². The number of hydrogen-bond donors (Lipinski definition) is 2. The predicted octanol–water partition coefficient (Wildman–Crippen LogP) is 2.35. The van der Waals surface area contributed by atoms with Crippen molar-refractivity contribution in [1.29, 1.82) is 0 Å². The molecular weight excluding hydrogens is 383 g/mol. The number of aromatic carboxylic acids is 1. The average molecular weight is 393 g/mol. The van der Waals surface area contributed by atoms with Crippen LogP contribution in [0, 0.1) is 3.57 Å². The van der Waals surface area contributed by atoms with Gasteiger partial charge in [0, 0.05) is 20.8 Å². The van der Waals surface area contributed by atoms with Crippen LogP contribution >= 0.6 is 34.2 Å². The molecule has 0 saturated carbocycles. The van der Waals surface area contributed by atoms with Crippen LogP contribution in [0.1, 0.15) is 10.5 Å². The minimum Gasteiger partial charge on any atom is -0.476 e. The lowest BCUT2D eigenvalue weighted by molar-refractivity contribution is 0.0690. The van der Waals surface area contributed by atoms with Crippen LogP contribution < -0.4 is 5.32 Å². The molecule has 0 aliphatic rings. The topological polar surface area (TPSA) is 80.0 Å². The Morgan fingerprint density at radius 1 is 1.53 bits per heavy atom. The smallest absolute Gasteiger partial charge is 0.358 e. The third-order valence-electron chi connectivity index (χ3n) is 2.35. The van der Waals surface area contributed by atoms with E-state index in [4.69, 9.17) is 16.7 Å². The number of carboxylic acids is 1. The van der Waals surface area contributed by atoms with Gasteiger partial charge < -0.3 is 10.4 Å². The van der Waals surface area contributed by atoms with Crippen molar-refractivity contribution in [2.75, 3.05) is 11.9 Å². The number of carboxylic acid groups (broad SMARTS) is 1. The molecule has 0 bridgehead atoms. The number of aromatic nitrogens is 3. The zero-order valence-electron chi connectivity index (χ0n) is 9.68. The molecule has 0 unspecified atom stereocenters. The van der Waals surface area contributed by atoms with Crippen molar-refractivity contribution < 1.29 is 9.90 Å². The SMILES string of the molecule is O=C(O)c1cn(CCNc2ccc(Cl)cc2I)nn1. The predicted molar refractivity (Wildman–Crippen MR) is 79.6 cm³/mol. The second kappa shape index (κ2) is 6.20. The fourth-order valence-corrected chi connectivity index (χ4v) is 2.51. The number of rotatable bonds is 5. The normalized spacial score (nSPS) is 10.4. The van der Waals surface area contributed by atoms with Crippen LogP contribution in [0.3, 0.4) is 0 Å². The summed E-state index contributed by atoms with van der Waals surface area (Å²) in [5.74, 6) is -1.08. The van der Waals surface area contributed by atoms with E-state index in [0.717, 1.165) is 9.26 Å². The van der Waals surface area contributed by atoms with E-state index >= 15 is 0 Å². The number of halogens is 2. The molecule has 2 aromatic rings. The van der Waals surface area contributed by atoms with E-state index in [-0.39, 0.29) is 5.69 Å². The molecule has 19 heavy (non-hydrogen) atoms. The molecule has 2 N–H and O–H groups in total. The van der Waals surface area contributed by atoms with E-state index in [1.165, 1.54) is 10.9 Å². The van der Waals surface area contributed by atoms with Gasteiger partial charge in [0.25, 0.3) is 0 Å². The van der Waals surface area contributed by atoms with Gasteiger partial charge in [0.1, 0.15) is 0 Å². The molecule has 2 rings (SSSR count). The number of nitrogens with one attached hydrogen (secondary N) is 1. The molecular formula is C11H10ClIN4O2. The van der Waals surface area contributed by atoms with Crippen molar-refractivity contribution >= 4 is 45.8 Å². The lowest BCUT2D eigenvalue weighted by Gasteiger charge is -2.08. The van der Waals surface area contributed by atoms with Crippen LogP contribution in [0.25, 0.3) is 0 Å². The molecule has 0 aliphatic carbocycles. The Bertz CT molecular complexity index is 602. The van der Waals surface area contributed by atoms with Crippen molar-refractivity contribution in [2.45, 2.75) is 6.54 Å². The summed E-state index contributed by atoms with van der Waals surface area (Å²) in [4.78, 5) is 10.6. The van der Waals surface area contributed by atoms with Crippen molar-refractivity contribution in [2.24, 2.45) is 0 Å². The molecule has 0 atom stereocenters. The highest BCUT2D eigenvalue weighted by Crippen LogP contribution is 2.21. The van der Waals surface area contributed by atoms with Crippen LogP contribution in [-0.2, 0) is 6.54 Å². The number of anilines is 1. The third kappa shape index (κ3) is 3.80. The molecule has 100 valence electrons. The third-order valence-corrected chi connectivity index (χ3v) is 3.47. The zero-order chi connectivity index (χ0) is 13.8. The molecule has 8 heteroatoms. The maximum absolute atomic E-state index is 10.6. The van der Waals surface area contributed by atoms with E-state index in [9.17, 15) is 4.79 Å². The lowest BCUT2D eigenvalue weighted by Crippen LogP contribution is -2.11. The zero-order valence-corrected chi connectivity index (χ0v) is 12.6. The highest BCUT2D eigenvalue weighted by molar-refractivity contribution is 14.1. The summed E-state index contributed by atoms with van der Waals surface area (Å²) >= 11 is 8.06. The van der Waals surface area contributed by atoms with Crippen LogP contribution in [0.15, 0.2) is 24.4 Å². The van der Waals surface area contributed by atoms with E-state index in [2.05, 4.69) is 38.2 Å². The highest BCUT2D eigenvalue weighted by atomic mass is 127. The molecule has 1 heterocycles. The van der Waals surface area contributed by atoms with Crippen LogP contribution in [0.2, 0.25) is 5.02 Å². The quantitative estimate of drug-likeness (QED) is 0.764. The fraction of sp³-hybridized carbons (Fsp3) is 0.182. The van der Waals surface area contributed by atoms with Gasteiger partial charge in [-0.2, -0.15) is 0 Å². The number of hydrogen-bond acceptors (Lipinski definition) is 4. The molecule has 0 spiro atoms. The van der Waals surface area contributed by atoms with Crippen molar-refractivity contribution in [1.82, 2.24) is 15.0 Å². The number of nitrogens with zero attached hydrogens (tertiary/aromatic N) is 3. The van der Waals surface area contributed by atoms with E-state index in [1.807, 2.05) is 18.2 Å². The first-order chi connectivity index (χ1) is 9.06. The summed E-state index contributed by atoms with van der Waals surface area (Å²) in [6, 6.07) is 5.57. The molecule has 0 saturated heterocycles. The van der Waals surface area contributed by atoms with Gasteiger partial charge in [0.15, 0.2) is 5.69 Å². The van der Waals surface area contributed by atoms with Crippen LogP contribution in [0.5, 0.6) is 0 Å². The largest absolute Gasteiger partial charge is 0.476 e. The first-order valence-electron chi connectivity index (χ1n) is 5.38. The summed E-state index contributed by atoms with van der Waals surface area (Å²) < 4.78 is 2.51. The Morgan fingerprint density at radius 2 is 2.32 bits per heavy atom. The monoisotopic (exact) mass is 392 g/mol. The molecule has 0 fully saturated rings. The average Bonchev–Trinajstić information content (AvgIpc) is 2.81. The standard InChI is InChI=1S/C11H10ClIN4O2/c12-7-1-2-9(8(13)5-7)14-3-4-17-6-10(11(18)19)15-16-17/h1-2,5-6,14H,3-4H2,(H,18,19). The second-order valence-corrected chi connectivity index (χ2v) is 5.32. The molecule has 0 radical (unpaired) electrons. The van der Waals surface area contributed by atoms with Gasteiger partial charge in [-0.15, -0.1) is 5.10 Å². The Balaban J connectivity index is 1.90. The molecule has 6 nitrogen and oxygen atoms in total. The summed E-state index contributed by atoms with van der Waals surface area (Å²) in [6.07, 6.45) is 1.40. The Hall–Kier alpha value is -1.35. The summed E-state index contributed by atoms with van der Waals surface area (Å²) in [5.41, 5.74) is 0.921. The summed E-state index contributed by atoms with van der Waals surface area (Å²) in [6.45, 7) is 1.14. The van der Waals surface area contributed by atoms with Gasteiger partial charge >= 0.3 is 5.97 Å². The van der Waals surface area contributed by atoms with Crippen molar-refractivity contribution in [3.63, 3.8) is 0 Å². The maximum atomic E-state index is 10.6. The van der Waals surface area contributed by atoms with Gasteiger partial charge in [-0.25, -0.2) is 9.48 Å². The minimum atomic E-state index is -1.08. The summed E-state index contributed by atoms with van der Waals surface area (Å²) in [5, 5.41) is 19.9. The lowest BCUT2D eigenvalue weighted by atomic mass is 10.3. The van der Waals surface area contributed by atoms with E-state index in [1.54, 1.807) is 0 Å². The van der Waals surface area contributed by atoms with Crippen molar-refractivity contribution in [3.05, 3.63) is 38.7 Å². The molecule has 1 aromatic carbocycles. The Labute approximate surface area is 127 Å². The minimum absolute atomic E-state index is 0.0546. The Kier molecular flexibility index (Phi) is 4.59. The Morgan fingerprint density at radius 3 is 2.95 bits per heavy atom. The number of benzene rings is 1. The number of carbonyl (C=O) groups is 1. The molecule has 1 aromatic heterocycles. The van der Waals surface area contributed by atoms with Gasteiger partial charge in [-0.1, -0.05) is 16.8 Å². The fourth-order valence-electron chi connectivity index (χ4n) is 1.44. The van der Waals surface area contributed by atoms with E-state index in [0.29, 0.717) is 18.1 Å². The van der Waals surface area contributed by atoms with E-state index < -0.39 is 5.97 Å². The van der Waals surface area contributed by atoms with Crippen LogP contribution in [-0.4, -0.2) is 32.6 Å². The first kappa shape index (κ1) is 14.1. The van der Waals surface area contributed by atoms with Gasteiger partial charge in [0.2, 0.25) is 0 Å². The maximum Gasteiger partial charge on any atom is 0.358 e. The molecule has 0 aliphatic heterocycles. The van der Waals surface area contributed by atoms with Gasteiger partial charge in [-0.05, 0) is 40.8 Å². The van der Waals surface area contributed by atoms with Crippen LogP contribution in [0.4, 0.5) is 5.69 Å². The first-order valence-corrected chi connectivity index (χ1v) is 6.84. The van der Waals surface area contributed by atoms with Gasteiger partial charge in [-0.3, -0.25) is 0 Å². The highest BCUT2D eigenvalue weighted by Gasteiger charge is 2.07. The second-order valence-electron chi connectivity index (χ2n) is 3.72. The summed E-state index contributed by atoms with van der Waals surface area (Å²) in [7, 11) is 0. The molecule has 0 amide bonds. The van der Waals surface area contributed by atoms with Gasteiger partial charge in [0.05, 0.1) is 12.7 Å².